The lowest BCUT2D eigenvalue weighted by Gasteiger charge is -2.25. The van der Waals surface area contributed by atoms with Crippen LogP contribution in [0.15, 0.2) is 30.6 Å². The van der Waals surface area contributed by atoms with Gasteiger partial charge in [0.15, 0.2) is 0 Å². The number of aryl methyl sites for hydroxylation is 2. The number of hydrogen-bond donors (Lipinski definition) is 0. The maximum absolute atomic E-state index is 12.4. The number of nitrogens with zero attached hydrogens (tertiary/aromatic N) is 3. The van der Waals surface area contributed by atoms with E-state index in [-0.39, 0.29) is 12.0 Å². The zero-order chi connectivity index (χ0) is 18.5. The number of imidazole rings is 1. The molecule has 1 saturated heterocycles. The van der Waals surface area contributed by atoms with Crippen molar-refractivity contribution in [1.29, 1.82) is 0 Å². The van der Waals surface area contributed by atoms with E-state index in [4.69, 9.17) is 4.74 Å². The fraction of sp³-hybridized carbons (Fsp3) is 0.524. The first-order valence-corrected chi connectivity index (χ1v) is 9.52. The summed E-state index contributed by atoms with van der Waals surface area (Å²) in [5.41, 5.74) is 3.82. The Balaban J connectivity index is 1.75. The van der Waals surface area contributed by atoms with Crippen molar-refractivity contribution in [2.24, 2.45) is 0 Å². The molecule has 3 rings (SSSR count). The number of aromatic nitrogens is 2. The summed E-state index contributed by atoms with van der Waals surface area (Å²) in [4.78, 5) is 18.9. The molecule has 0 saturated carbocycles. The summed E-state index contributed by atoms with van der Waals surface area (Å²) in [5, 5.41) is 0. The summed E-state index contributed by atoms with van der Waals surface area (Å²) in [6, 6.07) is 6.52. The van der Waals surface area contributed by atoms with E-state index in [1.165, 1.54) is 16.7 Å². The topological polar surface area (TPSA) is 47.4 Å². The predicted molar refractivity (Wildman–Crippen MR) is 102 cm³/mol. The highest BCUT2D eigenvalue weighted by atomic mass is 16.5. The molecule has 140 valence electrons. The second-order valence-electron chi connectivity index (χ2n) is 7.16. The Morgan fingerprint density at radius 2 is 2.23 bits per heavy atom. The molecule has 1 aliphatic heterocycles. The van der Waals surface area contributed by atoms with Crippen molar-refractivity contribution in [3.8, 4) is 0 Å². The van der Waals surface area contributed by atoms with E-state index >= 15 is 0 Å². The van der Waals surface area contributed by atoms with Crippen molar-refractivity contribution in [3.63, 3.8) is 0 Å². The first-order chi connectivity index (χ1) is 12.6. The first kappa shape index (κ1) is 18.6. The Morgan fingerprint density at radius 1 is 1.38 bits per heavy atom. The van der Waals surface area contributed by atoms with Gasteiger partial charge in [0.05, 0.1) is 12.6 Å². The average molecular weight is 355 g/mol. The van der Waals surface area contributed by atoms with E-state index in [2.05, 4.69) is 41.6 Å². The van der Waals surface area contributed by atoms with Crippen LogP contribution in [-0.2, 0) is 22.6 Å². The number of carbonyl (C=O) groups is 1. The molecule has 0 aliphatic carbocycles. The zero-order valence-corrected chi connectivity index (χ0v) is 16.1. The van der Waals surface area contributed by atoms with E-state index < -0.39 is 0 Å². The molecule has 5 heteroatoms. The Kier molecular flexibility index (Phi) is 6.09. The van der Waals surface area contributed by atoms with Gasteiger partial charge in [-0.15, -0.1) is 0 Å². The molecule has 1 atom stereocenters. The van der Waals surface area contributed by atoms with Gasteiger partial charge in [0.1, 0.15) is 5.82 Å². The van der Waals surface area contributed by atoms with Crippen LogP contribution in [-0.4, -0.2) is 39.6 Å². The molecule has 5 nitrogen and oxygen atoms in total. The zero-order valence-electron chi connectivity index (χ0n) is 16.1. The van der Waals surface area contributed by atoms with Gasteiger partial charge in [-0.05, 0) is 37.8 Å². The summed E-state index contributed by atoms with van der Waals surface area (Å²) in [6.45, 7) is 8.93. The number of ether oxygens (including phenoxy) is 1. The van der Waals surface area contributed by atoms with Crippen LogP contribution in [0, 0.1) is 13.8 Å². The van der Waals surface area contributed by atoms with Crippen LogP contribution in [0.2, 0.25) is 0 Å². The van der Waals surface area contributed by atoms with Crippen LogP contribution in [0.25, 0.3) is 0 Å². The minimum absolute atomic E-state index is 0.154. The maximum Gasteiger partial charge on any atom is 0.222 e. The van der Waals surface area contributed by atoms with Crippen LogP contribution < -0.4 is 0 Å². The van der Waals surface area contributed by atoms with Gasteiger partial charge in [-0.3, -0.25) is 4.79 Å². The number of carbonyl (C=O) groups excluding carboxylic acids is 1. The number of amides is 1. The van der Waals surface area contributed by atoms with E-state index in [0.29, 0.717) is 19.5 Å². The number of hydrogen-bond acceptors (Lipinski definition) is 3. The van der Waals surface area contributed by atoms with E-state index in [1.54, 1.807) is 0 Å². The predicted octanol–water partition coefficient (Wildman–Crippen LogP) is 3.47. The fourth-order valence-electron chi connectivity index (χ4n) is 3.47. The van der Waals surface area contributed by atoms with Gasteiger partial charge in [-0.2, -0.15) is 0 Å². The molecule has 0 radical (unpaired) electrons. The molecule has 0 bridgehead atoms. The highest BCUT2D eigenvalue weighted by Gasteiger charge is 2.23. The summed E-state index contributed by atoms with van der Waals surface area (Å²) >= 11 is 0. The molecule has 1 aromatic heterocycles. The highest BCUT2D eigenvalue weighted by Crippen LogP contribution is 2.17. The van der Waals surface area contributed by atoms with Gasteiger partial charge in [-0.25, -0.2) is 4.98 Å². The molecule has 1 aliphatic rings. The molecule has 0 N–H and O–H groups in total. The SMILES string of the molecule is CCC(=O)N(Cc1nccn1Cc1cc(C)ccc1C)C[C@@H]1CCCO1. The smallest absolute Gasteiger partial charge is 0.222 e. The summed E-state index contributed by atoms with van der Waals surface area (Å²) in [6.07, 6.45) is 6.60. The van der Waals surface area contributed by atoms with Crippen molar-refractivity contribution < 1.29 is 9.53 Å². The maximum atomic E-state index is 12.4. The van der Waals surface area contributed by atoms with Crippen LogP contribution in [0.4, 0.5) is 0 Å². The van der Waals surface area contributed by atoms with Crippen molar-refractivity contribution in [2.45, 2.75) is 59.2 Å². The fourth-order valence-corrected chi connectivity index (χ4v) is 3.47. The van der Waals surface area contributed by atoms with Gasteiger partial charge >= 0.3 is 0 Å². The van der Waals surface area contributed by atoms with Crippen LogP contribution in [0.3, 0.4) is 0 Å². The minimum atomic E-state index is 0.154. The largest absolute Gasteiger partial charge is 0.376 e. The first-order valence-electron chi connectivity index (χ1n) is 9.52. The Morgan fingerprint density at radius 3 is 2.96 bits per heavy atom. The quantitative estimate of drug-likeness (QED) is 0.764. The van der Waals surface area contributed by atoms with Gasteiger partial charge in [0, 0.05) is 38.5 Å². The Hall–Kier alpha value is -2.14. The molecular formula is C21H29N3O2. The van der Waals surface area contributed by atoms with E-state index in [0.717, 1.165) is 31.8 Å². The van der Waals surface area contributed by atoms with Gasteiger partial charge < -0.3 is 14.2 Å². The highest BCUT2D eigenvalue weighted by molar-refractivity contribution is 5.75. The van der Waals surface area contributed by atoms with Gasteiger partial charge in [0.2, 0.25) is 5.91 Å². The van der Waals surface area contributed by atoms with Crippen LogP contribution >= 0.6 is 0 Å². The lowest BCUT2D eigenvalue weighted by atomic mass is 10.1. The molecule has 0 unspecified atom stereocenters. The number of benzene rings is 1. The molecule has 2 aromatic rings. The number of rotatable bonds is 7. The van der Waals surface area contributed by atoms with Crippen molar-refractivity contribution in [2.75, 3.05) is 13.2 Å². The third-order valence-corrected chi connectivity index (χ3v) is 5.08. The molecule has 0 spiro atoms. The normalized spacial score (nSPS) is 16.8. The lowest BCUT2D eigenvalue weighted by molar-refractivity contribution is -0.133. The summed E-state index contributed by atoms with van der Waals surface area (Å²) in [7, 11) is 0. The standard InChI is InChI=1S/C21H29N3O2/c1-4-21(25)24(14-19-6-5-11-26-19)15-20-22-9-10-23(20)13-18-12-16(2)7-8-17(18)3/h7-10,12,19H,4-6,11,13-15H2,1-3H3/t19-/m0/s1. The molecule has 26 heavy (non-hydrogen) atoms. The van der Waals surface area contributed by atoms with Crippen molar-refractivity contribution in [1.82, 2.24) is 14.5 Å². The van der Waals surface area contributed by atoms with Crippen molar-refractivity contribution >= 4 is 5.91 Å². The van der Waals surface area contributed by atoms with Crippen LogP contribution in [0.5, 0.6) is 0 Å². The third kappa shape index (κ3) is 4.52. The van der Waals surface area contributed by atoms with Crippen LogP contribution in [0.1, 0.15) is 48.7 Å². The van der Waals surface area contributed by atoms with Gasteiger partial charge in [0.25, 0.3) is 0 Å². The Bertz CT molecular complexity index is 747. The van der Waals surface area contributed by atoms with E-state index in [1.807, 2.05) is 24.2 Å². The Labute approximate surface area is 156 Å². The monoisotopic (exact) mass is 355 g/mol. The minimum Gasteiger partial charge on any atom is -0.376 e. The van der Waals surface area contributed by atoms with Gasteiger partial charge in [-0.1, -0.05) is 30.7 Å². The third-order valence-electron chi connectivity index (χ3n) is 5.08. The summed E-state index contributed by atoms with van der Waals surface area (Å²) < 4.78 is 7.88. The van der Waals surface area contributed by atoms with Crippen molar-refractivity contribution in [3.05, 3.63) is 53.1 Å². The average Bonchev–Trinajstić information content (AvgIpc) is 3.29. The molecular weight excluding hydrogens is 326 g/mol. The van der Waals surface area contributed by atoms with E-state index in [9.17, 15) is 4.79 Å². The molecule has 1 aromatic carbocycles. The molecule has 2 heterocycles. The lowest BCUT2D eigenvalue weighted by Crippen LogP contribution is -2.37. The second-order valence-corrected chi connectivity index (χ2v) is 7.16. The molecule has 1 fully saturated rings. The molecule has 1 amide bonds. The summed E-state index contributed by atoms with van der Waals surface area (Å²) in [5.74, 6) is 1.08. The second kappa shape index (κ2) is 8.49.